The molecular formula is C13H18BrN3O2. The van der Waals surface area contributed by atoms with Gasteiger partial charge in [-0.25, -0.2) is 0 Å². The zero-order chi connectivity index (χ0) is 14.6. The van der Waals surface area contributed by atoms with Crippen molar-refractivity contribution in [1.82, 2.24) is 9.80 Å². The molecule has 0 saturated carbocycles. The van der Waals surface area contributed by atoms with Crippen molar-refractivity contribution in [3.8, 4) is 0 Å². The molecule has 1 aromatic rings. The highest BCUT2D eigenvalue weighted by Gasteiger charge is 2.18. The van der Waals surface area contributed by atoms with Crippen molar-refractivity contribution in [2.24, 2.45) is 0 Å². The van der Waals surface area contributed by atoms with Crippen LogP contribution in [0, 0.1) is 0 Å². The van der Waals surface area contributed by atoms with E-state index in [9.17, 15) is 9.59 Å². The summed E-state index contributed by atoms with van der Waals surface area (Å²) < 4.78 is 0.742. The SMILES string of the molecule is CCN(CC(=O)N(C)C)C(=O)c1cc(N)cc(Br)c1. The molecule has 0 bridgehead atoms. The van der Waals surface area contributed by atoms with E-state index in [0.29, 0.717) is 17.8 Å². The van der Waals surface area contributed by atoms with E-state index >= 15 is 0 Å². The summed E-state index contributed by atoms with van der Waals surface area (Å²) in [6.45, 7) is 2.36. The first-order valence-corrected chi connectivity index (χ1v) is 6.70. The topological polar surface area (TPSA) is 66.6 Å². The van der Waals surface area contributed by atoms with Crippen molar-refractivity contribution in [2.45, 2.75) is 6.92 Å². The third-order valence-electron chi connectivity index (χ3n) is 2.66. The van der Waals surface area contributed by atoms with Gasteiger partial charge in [0.25, 0.3) is 5.91 Å². The average molecular weight is 328 g/mol. The number of carbonyl (C=O) groups excluding carboxylic acids is 2. The largest absolute Gasteiger partial charge is 0.399 e. The molecule has 0 fully saturated rings. The lowest BCUT2D eigenvalue weighted by Gasteiger charge is -2.22. The second-order valence-corrected chi connectivity index (χ2v) is 5.30. The predicted molar refractivity (Wildman–Crippen MR) is 78.8 cm³/mol. The van der Waals surface area contributed by atoms with Crippen LogP contribution in [0.5, 0.6) is 0 Å². The molecular weight excluding hydrogens is 310 g/mol. The van der Waals surface area contributed by atoms with Gasteiger partial charge in [-0.2, -0.15) is 0 Å². The van der Waals surface area contributed by atoms with E-state index in [2.05, 4.69) is 15.9 Å². The van der Waals surface area contributed by atoms with E-state index in [1.807, 2.05) is 6.92 Å². The Bertz CT molecular complexity index is 469. The Morgan fingerprint density at radius 3 is 2.37 bits per heavy atom. The highest BCUT2D eigenvalue weighted by molar-refractivity contribution is 9.10. The lowest BCUT2D eigenvalue weighted by atomic mass is 10.1. The summed E-state index contributed by atoms with van der Waals surface area (Å²) in [6.07, 6.45) is 0. The molecule has 0 aromatic heterocycles. The second kappa shape index (κ2) is 6.56. The summed E-state index contributed by atoms with van der Waals surface area (Å²) in [7, 11) is 3.33. The van der Waals surface area contributed by atoms with E-state index in [1.165, 1.54) is 9.80 Å². The smallest absolute Gasteiger partial charge is 0.254 e. The Labute approximate surface area is 121 Å². The average Bonchev–Trinajstić information content (AvgIpc) is 2.33. The van der Waals surface area contributed by atoms with Gasteiger partial charge in [0, 0.05) is 36.4 Å². The van der Waals surface area contributed by atoms with Crippen LogP contribution in [0.2, 0.25) is 0 Å². The molecule has 0 spiro atoms. The van der Waals surface area contributed by atoms with Gasteiger partial charge in [0.1, 0.15) is 0 Å². The number of rotatable bonds is 4. The maximum Gasteiger partial charge on any atom is 0.254 e. The van der Waals surface area contributed by atoms with Gasteiger partial charge in [0.05, 0.1) is 6.54 Å². The Kier molecular flexibility index (Phi) is 5.35. The fraction of sp³-hybridized carbons (Fsp3) is 0.385. The monoisotopic (exact) mass is 327 g/mol. The van der Waals surface area contributed by atoms with Gasteiger partial charge in [0.2, 0.25) is 5.91 Å². The number of hydrogen-bond donors (Lipinski definition) is 1. The molecule has 19 heavy (non-hydrogen) atoms. The van der Waals surface area contributed by atoms with Crippen LogP contribution in [0.25, 0.3) is 0 Å². The Hall–Kier alpha value is -1.56. The lowest BCUT2D eigenvalue weighted by molar-refractivity contribution is -0.129. The number of benzene rings is 1. The van der Waals surface area contributed by atoms with Crippen molar-refractivity contribution < 1.29 is 9.59 Å². The summed E-state index contributed by atoms with van der Waals surface area (Å²) in [5.74, 6) is -0.316. The van der Waals surface area contributed by atoms with Gasteiger partial charge in [-0.1, -0.05) is 15.9 Å². The Morgan fingerprint density at radius 2 is 1.89 bits per heavy atom. The molecule has 0 aliphatic carbocycles. The number of halogens is 1. The van der Waals surface area contributed by atoms with E-state index < -0.39 is 0 Å². The van der Waals surface area contributed by atoms with Crippen molar-refractivity contribution in [3.63, 3.8) is 0 Å². The Morgan fingerprint density at radius 1 is 1.26 bits per heavy atom. The van der Waals surface area contributed by atoms with Crippen LogP contribution in [-0.4, -0.2) is 48.8 Å². The first kappa shape index (κ1) is 15.5. The summed E-state index contributed by atoms with van der Waals surface area (Å²) in [4.78, 5) is 27.0. The van der Waals surface area contributed by atoms with E-state index in [4.69, 9.17) is 5.73 Å². The molecule has 1 rings (SSSR count). The number of nitrogens with two attached hydrogens (primary N) is 1. The van der Waals surface area contributed by atoms with Gasteiger partial charge >= 0.3 is 0 Å². The van der Waals surface area contributed by atoms with Crippen LogP contribution in [0.15, 0.2) is 22.7 Å². The maximum absolute atomic E-state index is 12.3. The minimum atomic E-state index is -0.203. The third-order valence-corrected chi connectivity index (χ3v) is 3.12. The predicted octanol–water partition coefficient (Wildman–Crippen LogP) is 1.58. The van der Waals surface area contributed by atoms with Crippen LogP contribution >= 0.6 is 15.9 Å². The summed E-state index contributed by atoms with van der Waals surface area (Å²) in [6, 6.07) is 5.02. The number of amides is 2. The highest BCUT2D eigenvalue weighted by Crippen LogP contribution is 2.18. The summed E-state index contributed by atoms with van der Waals surface area (Å²) in [5.41, 5.74) is 6.69. The molecule has 0 heterocycles. The summed E-state index contributed by atoms with van der Waals surface area (Å²) in [5, 5.41) is 0. The normalized spacial score (nSPS) is 10.1. The van der Waals surface area contributed by atoms with Crippen LogP contribution in [0.4, 0.5) is 5.69 Å². The van der Waals surface area contributed by atoms with Gasteiger partial charge in [-0.05, 0) is 25.1 Å². The molecule has 1 aromatic carbocycles. The fourth-order valence-corrected chi connectivity index (χ4v) is 2.06. The van der Waals surface area contributed by atoms with Crippen molar-refractivity contribution >= 4 is 33.4 Å². The molecule has 0 unspecified atom stereocenters. The molecule has 2 amide bonds. The van der Waals surface area contributed by atoms with Gasteiger partial charge in [0.15, 0.2) is 0 Å². The van der Waals surface area contributed by atoms with Crippen molar-refractivity contribution in [1.29, 1.82) is 0 Å². The van der Waals surface area contributed by atoms with Gasteiger partial charge in [-0.3, -0.25) is 9.59 Å². The van der Waals surface area contributed by atoms with E-state index in [1.54, 1.807) is 32.3 Å². The van der Waals surface area contributed by atoms with Gasteiger partial charge < -0.3 is 15.5 Å². The van der Waals surface area contributed by atoms with Gasteiger partial charge in [-0.15, -0.1) is 0 Å². The molecule has 0 radical (unpaired) electrons. The number of nitrogen functional groups attached to an aromatic ring is 1. The minimum absolute atomic E-state index is 0.0642. The van der Waals surface area contributed by atoms with Crippen molar-refractivity contribution in [2.75, 3.05) is 32.9 Å². The number of hydrogen-bond acceptors (Lipinski definition) is 3. The molecule has 2 N–H and O–H groups in total. The lowest BCUT2D eigenvalue weighted by Crippen LogP contribution is -2.40. The van der Waals surface area contributed by atoms with E-state index in [0.717, 1.165) is 4.47 Å². The minimum Gasteiger partial charge on any atom is -0.399 e. The van der Waals surface area contributed by atoms with Crippen LogP contribution < -0.4 is 5.73 Å². The quantitative estimate of drug-likeness (QED) is 0.854. The zero-order valence-corrected chi connectivity index (χ0v) is 12.9. The number of nitrogens with zero attached hydrogens (tertiary/aromatic N) is 2. The molecule has 6 heteroatoms. The molecule has 0 atom stereocenters. The summed E-state index contributed by atoms with van der Waals surface area (Å²) >= 11 is 3.30. The Balaban J connectivity index is 2.92. The molecule has 0 aliphatic rings. The zero-order valence-electron chi connectivity index (χ0n) is 11.3. The molecule has 0 saturated heterocycles. The highest BCUT2D eigenvalue weighted by atomic mass is 79.9. The van der Waals surface area contributed by atoms with Crippen LogP contribution in [-0.2, 0) is 4.79 Å². The standard InChI is InChI=1S/C13H18BrN3O2/c1-4-17(8-12(18)16(2)3)13(19)9-5-10(14)7-11(15)6-9/h5-7H,4,8,15H2,1-3H3. The van der Waals surface area contributed by atoms with E-state index in [-0.39, 0.29) is 18.4 Å². The number of likely N-dealkylation sites (N-methyl/N-ethyl adjacent to an activating group) is 2. The first-order chi connectivity index (χ1) is 8.85. The first-order valence-electron chi connectivity index (χ1n) is 5.90. The van der Waals surface area contributed by atoms with Crippen molar-refractivity contribution in [3.05, 3.63) is 28.2 Å². The second-order valence-electron chi connectivity index (χ2n) is 4.38. The molecule has 5 nitrogen and oxygen atoms in total. The number of carbonyl (C=O) groups is 2. The maximum atomic E-state index is 12.3. The van der Waals surface area contributed by atoms with Crippen LogP contribution in [0.3, 0.4) is 0 Å². The molecule has 0 aliphatic heterocycles. The van der Waals surface area contributed by atoms with Crippen LogP contribution in [0.1, 0.15) is 17.3 Å². The third kappa shape index (κ3) is 4.24. The molecule has 104 valence electrons. The fourth-order valence-electron chi connectivity index (χ4n) is 1.55. The number of anilines is 1.